The average Bonchev–Trinajstić information content (AvgIpc) is 2.73. The number of anilines is 2. The third-order valence-electron chi connectivity index (χ3n) is 4.81. The van der Waals surface area contributed by atoms with Gasteiger partial charge in [0.15, 0.2) is 0 Å². The first-order valence-electron chi connectivity index (χ1n) is 9.38. The van der Waals surface area contributed by atoms with E-state index >= 15 is 0 Å². The van der Waals surface area contributed by atoms with Crippen LogP contribution in [0.4, 0.5) is 24.5 Å². The molecule has 2 aromatic carbocycles. The molecular formula is C20H22F3N3O4S. The molecule has 1 N–H and O–H groups in total. The number of carbonyl (C=O) groups is 1. The molecule has 7 nitrogen and oxygen atoms in total. The minimum absolute atomic E-state index is 0.0629. The van der Waals surface area contributed by atoms with Gasteiger partial charge in [0.1, 0.15) is 0 Å². The summed E-state index contributed by atoms with van der Waals surface area (Å²) in [6.45, 7) is 1.94. The largest absolute Gasteiger partial charge is 0.416 e. The smallest absolute Gasteiger partial charge is 0.378 e. The fourth-order valence-electron chi connectivity index (χ4n) is 3.09. The van der Waals surface area contributed by atoms with Crippen molar-refractivity contribution in [2.24, 2.45) is 0 Å². The molecule has 3 rings (SSSR count). The molecule has 0 bridgehead atoms. The molecule has 0 aromatic heterocycles. The van der Waals surface area contributed by atoms with E-state index < -0.39 is 27.7 Å². The molecule has 168 valence electrons. The Hall–Kier alpha value is -2.63. The third-order valence-corrected chi connectivity index (χ3v) is 6.62. The Morgan fingerprint density at radius 1 is 1.06 bits per heavy atom. The summed E-state index contributed by atoms with van der Waals surface area (Å²) in [4.78, 5) is 14.8. The van der Waals surface area contributed by atoms with Gasteiger partial charge in [-0.15, -0.1) is 0 Å². The first-order valence-corrected chi connectivity index (χ1v) is 10.8. The highest BCUT2D eigenvalue weighted by molar-refractivity contribution is 7.89. The maximum atomic E-state index is 13.0. The van der Waals surface area contributed by atoms with E-state index in [0.717, 1.165) is 28.6 Å². The minimum Gasteiger partial charge on any atom is -0.378 e. The van der Waals surface area contributed by atoms with Crippen LogP contribution in [0.1, 0.15) is 15.9 Å². The summed E-state index contributed by atoms with van der Waals surface area (Å²) < 4.78 is 69.7. The van der Waals surface area contributed by atoms with Crippen molar-refractivity contribution in [2.75, 3.05) is 50.6 Å². The lowest BCUT2D eigenvalue weighted by Gasteiger charge is -2.30. The molecule has 0 unspecified atom stereocenters. The Morgan fingerprint density at radius 2 is 1.68 bits per heavy atom. The Balaban J connectivity index is 1.96. The maximum Gasteiger partial charge on any atom is 0.416 e. The molecule has 1 aliphatic heterocycles. The molecule has 31 heavy (non-hydrogen) atoms. The van der Waals surface area contributed by atoms with Crippen LogP contribution in [0, 0.1) is 0 Å². The zero-order chi connectivity index (χ0) is 22.8. The van der Waals surface area contributed by atoms with Crippen LogP contribution >= 0.6 is 0 Å². The monoisotopic (exact) mass is 457 g/mol. The average molecular weight is 457 g/mol. The molecule has 0 spiro atoms. The van der Waals surface area contributed by atoms with Crippen LogP contribution < -0.4 is 10.2 Å². The van der Waals surface area contributed by atoms with Gasteiger partial charge in [0.2, 0.25) is 10.0 Å². The number of halogens is 3. The molecule has 0 saturated carbocycles. The number of hydrogen-bond donors (Lipinski definition) is 1. The zero-order valence-electron chi connectivity index (χ0n) is 16.9. The van der Waals surface area contributed by atoms with Gasteiger partial charge in [0, 0.05) is 38.6 Å². The second kappa shape index (κ2) is 8.85. The molecule has 1 aliphatic rings. The summed E-state index contributed by atoms with van der Waals surface area (Å²) in [5.74, 6) is -0.628. The highest BCUT2D eigenvalue weighted by Crippen LogP contribution is 2.31. The van der Waals surface area contributed by atoms with Crippen LogP contribution in [0.25, 0.3) is 0 Å². The predicted molar refractivity (Wildman–Crippen MR) is 110 cm³/mol. The molecule has 1 saturated heterocycles. The number of morpholine rings is 1. The number of hydrogen-bond acceptors (Lipinski definition) is 5. The van der Waals surface area contributed by atoms with Crippen molar-refractivity contribution in [2.45, 2.75) is 11.1 Å². The van der Waals surface area contributed by atoms with E-state index in [1.54, 1.807) is 6.07 Å². The molecule has 0 aliphatic carbocycles. The topological polar surface area (TPSA) is 79.0 Å². The number of amides is 1. The molecule has 1 fully saturated rings. The van der Waals surface area contributed by atoms with E-state index in [1.807, 2.05) is 4.90 Å². The van der Waals surface area contributed by atoms with Crippen molar-refractivity contribution in [3.05, 3.63) is 53.6 Å². The third kappa shape index (κ3) is 5.17. The van der Waals surface area contributed by atoms with Gasteiger partial charge >= 0.3 is 6.18 Å². The Bertz CT molecular complexity index is 1050. The number of sulfonamides is 1. The lowest BCUT2D eigenvalue weighted by Crippen LogP contribution is -2.37. The van der Waals surface area contributed by atoms with Crippen LogP contribution in [0.5, 0.6) is 0 Å². The van der Waals surface area contributed by atoms with Crippen LogP contribution in [0.15, 0.2) is 47.4 Å². The summed E-state index contributed by atoms with van der Waals surface area (Å²) in [6, 6.07) is 8.29. The fourth-order valence-corrected chi connectivity index (χ4v) is 4.02. The minimum atomic E-state index is -4.49. The molecule has 11 heteroatoms. The second-order valence-electron chi connectivity index (χ2n) is 7.10. The van der Waals surface area contributed by atoms with E-state index in [0.29, 0.717) is 32.0 Å². The van der Waals surface area contributed by atoms with Crippen LogP contribution in [-0.2, 0) is 20.9 Å². The molecule has 2 aromatic rings. The number of nitrogens with one attached hydrogen (secondary N) is 1. The van der Waals surface area contributed by atoms with E-state index in [1.165, 1.54) is 26.2 Å². The second-order valence-corrected chi connectivity index (χ2v) is 9.25. The maximum absolute atomic E-state index is 13.0. The summed E-state index contributed by atoms with van der Waals surface area (Å²) >= 11 is 0. The van der Waals surface area contributed by atoms with Crippen molar-refractivity contribution in [3.63, 3.8) is 0 Å². The Labute approximate surface area is 178 Å². The van der Waals surface area contributed by atoms with Gasteiger partial charge in [-0.05, 0) is 42.5 Å². The van der Waals surface area contributed by atoms with E-state index in [-0.39, 0.29) is 16.1 Å². The normalized spacial score (nSPS) is 15.2. The summed E-state index contributed by atoms with van der Waals surface area (Å²) in [6.07, 6.45) is -4.49. The Morgan fingerprint density at radius 3 is 2.23 bits per heavy atom. The number of alkyl halides is 3. The van der Waals surface area contributed by atoms with E-state index in [4.69, 9.17) is 4.74 Å². The van der Waals surface area contributed by atoms with E-state index in [2.05, 4.69) is 5.32 Å². The van der Waals surface area contributed by atoms with Crippen molar-refractivity contribution >= 4 is 27.3 Å². The molecule has 1 heterocycles. The molecular weight excluding hydrogens is 435 g/mol. The standard InChI is InChI=1S/C20H22F3N3O4S/c1-25(2)31(28,29)16-7-8-18(26-9-11-30-12-10-26)17(13-16)19(27)24-15-5-3-14(4-6-15)20(21,22)23/h3-8,13H,9-12H2,1-2H3,(H,24,27). The summed E-state index contributed by atoms with van der Waals surface area (Å²) in [5.41, 5.74) is -0.0551. The van der Waals surface area contributed by atoms with Gasteiger partial charge in [-0.1, -0.05) is 0 Å². The number of nitrogens with zero attached hydrogens (tertiary/aromatic N) is 2. The van der Waals surface area contributed by atoms with Crippen molar-refractivity contribution in [3.8, 4) is 0 Å². The van der Waals surface area contributed by atoms with Crippen LogP contribution in [0.3, 0.4) is 0 Å². The van der Waals surface area contributed by atoms with Gasteiger partial charge in [-0.25, -0.2) is 12.7 Å². The first-order chi connectivity index (χ1) is 14.5. The van der Waals surface area contributed by atoms with E-state index in [9.17, 15) is 26.4 Å². The van der Waals surface area contributed by atoms with Gasteiger partial charge < -0.3 is 15.0 Å². The van der Waals surface area contributed by atoms with Gasteiger partial charge in [0.05, 0.1) is 29.2 Å². The number of carbonyl (C=O) groups excluding carboxylic acids is 1. The zero-order valence-corrected chi connectivity index (χ0v) is 17.8. The molecule has 0 atom stereocenters. The number of ether oxygens (including phenoxy) is 1. The van der Waals surface area contributed by atoms with Crippen molar-refractivity contribution in [1.29, 1.82) is 0 Å². The highest BCUT2D eigenvalue weighted by Gasteiger charge is 2.30. The molecule has 1 amide bonds. The van der Waals surface area contributed by atoms with Crippen LogP contribution in [-0.4, -0.2) is 59.0 Å². The van der Waals surface area contributed by atoms with Crippen molar-refractivity contribution < 1.29 is 31.1 Å². The van der Waals surface area contributed by atoms with Crippen LogP contribution in [0.2, 0.25) is 0 Å². The Kier molecular flexibility index (Phi) is 6.58. The quantitative estimate of drug-likeness (QED) is 0.747. The van der Waals surface area contributed by atoms with Crippen molar-refractivity contribution in [1.82, 2.24) is 4.31 Å². The lowest BCUT2D eigenvalue weighted by molar-refractivity contribution is -0.137. The summed E-state index contributed by atoms with van der Waals surface area (Å²) in [7, 11) is -1.03. The SMILES string of the molecule is CN(C)S(=O)(=O)c1ccc(N2CCOCC2)c(C(=O)Nc2ccc(C(F)(F)F)cc2)c1. The lowest BCUT2D eigenvalue weighted by atomic mass is 10.1. The fraction of sp³-hybridized carbons (Fsp3) is 0.350. The first kappa shape index (κ1) is 23.0. The van der Waals surface area contributed by atoms with Gasteiger partial charge in [-0.3, -0.25) is 4.79 Å². The van der Waals surface area contributed by atoms with Gasteiger partial charge in [-0.2, -0.15) is 13.2 Å². The van der Waals surface area contributed by atoms with Gasteiger partial charge in [0.25, 0.3) is 5.91 Å². The molecule has 0 radical (unpaired) electrons. The predicted octanol–water partition coefficient (Wildman–Crippen LogP) is 3.04. The number of rotatable bonds is 5. The highest BCUT2D eigenvalue weighted by atomic mass is 32.2. The summed E-state index contributed by atoms with van der Waals surface area (Å²) in [5, 5.41) is 2.55. The number of benzene rings is 2.